The first-order chi connectivity index (χ1) is 8.97. The van der Waals surface area contributed by atoms with Crippen LogP contribution in [-0.2, 0) is 6.18 Å². The van der Waals surface area contributed by atoms with Crippen LogP contribution in [0.5, 0.6) is 0 Å². The van der Waals surface area contributed by atoms with E-state index in [1.54, 1.807) is 12.1 Å². The summed E-state index contributed by atoms with van der Waals surface area (Å²) in [6, 6.07) is 5.39. The maximum atomic E-state index is 12.4. The molecule has 1 fully saturated rings. The van der Waals surface area contributed by atoms with Gasteiger partial charge in [-0.1, -0.05) is 13.8 Å². The van der Waals surface area contributed by atoms with E-state index in [1.165, 1.54) is 0 Å². The largest absolute Gasteiger partial charge is 0.416 e. The smallest absolute Gasteiger partial charge is 0.369 e. The molecule has 0 aromatic heterocycles. The minimum Gasteiger partial charge on any atom is -0.369 e. The van der Waals surface area contributed by atoms with Crippen molar-refractivity contribution in [3.8, 4) is 0 Å². The zero-order chi connectivity index (χ0) is 14.5. The second-order valence-corrected chi connectivity index (χ2v) is 4.33. The van der Waals surface area contributed by atoms with Crippen LogP contribution in [0.25, 0.3) is 0 Å². The van der Waals surface area contributed by atoms with Gasteiger partial charge in [-0.2, -0.15) is 13.2 Å². The third-order valence-corrected chi connectivity index (χ3v) is 3.06. The standard InChI is InChI=1S/C12H15F3N2.C2H6/c1-16-6-8-17(9-7-16)11-4-2-10(3-5-11)12(13,14)15;1-2/h2-5H,6-9H2,1H3;1-2H3. The van der Waals surface area contributed by atoms with Crippen LogP contribution < -0.4 is 4.90 Å². The van der Waals surface area contributed by atoms with Gasteiger partial charge in [0.25, 0.3) is 0 Å². The van der Waals surface area contributed by atoms with Crippen molar-refractivity contribution in [2.24, 2.45) is 0 Å². The van der Waals surface area contributed by atoms with Gasteiger partial charge in [-0.15, -0.1) is 0 Å². The summed E-state index contributed by atoms with van der Waals surface area (Å²) < 4.78 is 37.2. The number of nitrogens with zero attached hydrogens (tertiary/aromatic N) is 2. The average molecular weight is 274 g/mol. The van der Waals surface area contributed by atoms with E-state index in [9.17, 15) is 13.2 Å². The maximum Gasteiger partial charge on any atom is 0.416 e. The summed E-state index contributed by atoms with van der Waals surface area (Å²) in [6.45, 7) is 7.62. The number of rotatable bonds is 1. The molecule has 0 amide bonds. The highest BCUT2D eigenvalue weighted by molar-refractivity contribution is 5.48. The number of likely N-dealkylation sites (N-methyl/N-ethyl adjacent to an activating group) is 1. The van der Waals surface area contributed by atoms with E-state index in [0.717, 1.165) is 44.0 Å². The zero-order valence-electron chi connectivity index (χ0n) is 11.7. The van der Waals surface area contributed by atoms with Crippen LogP contribution >= 0.6 is 0 Å². The molecule has 108 valence electrons. The third-order valence-electron chi connectivity index (χ3n) is 3.06. The van der Waals surface area contributed by atoms with Gasteiger partial charge in [0.1, 0.15) is 0 Å². The molecule has 19 heavy (non-hydrogen) atoms. The normalized spacial score (nSPS) is 16.8. The van der Waals surface area contributed by atoms with E-state index in [-0.39, 0.29) is 0 Å². The van der Waals surface area contributed by atoms with E-state index in [0.29, 0.717) is 0 Å². The molecule has 1 aromatic rings. The lowest BCUT2D eigenvalue weighted by Gasteiger charge is -2.34. The Kier molecular flexibility index (Phi) is 5.66. The topological polar surface area (TPSA) is 6.48 Å². The predicted octanol–water partition coefficient (Wildman–Crippen LogP) is 3.48. The molecule has 1 aliphatic heterocycles. The highest BCUT2D eigenvalue weighted by atomic mass is 19.4. The zero-order valence-corrected chi connectivity index (χ0v) is 11.7. The van der Waals surface area contributed by atoms with Crippen molar-refractivity contribution in [2.45, 2.75) is 20.0 Å². The van der Waals surface area contributed by atoms with Gasteiger partial charge in [-0.25, -0.2) is 0 Å². The van der Waals surface area contributed by atoms with Gasteiger partial charge in [-0.05, 0) is 31.3 Å². The highest BCUT2D eigenvalue weighted by Gasteiger charge is 2.30. The molecule has 0 spiro atoms. The minimum atomic E-state index is -4.25. The molecule has 1 heterocycles. The molecular formula is C14H21F3N2. The fraction of sp³-hybridized carbons (Fsp3) is 0.571. The van der Waals surface area contributed by atoms with Gasteiger partial charge in [0, 0.05) is 31.9 Å². The first kappa shape index (κ1) is 15.8. The summed E-state index contributed by atoms with van der Waals surface area (Å²) in [5, 5.41) is 0. The Hall–Kier alpha value is -1.23. The summed E-state index contributed by atoms with van der Waals surface area (Å²) in [5.41, 5.74) is 0.279. The maximum absolute atomic E-state index is 12.4. The number of hydrogen-bond acceptors (Lipinski definition) is 2. The Morgan fingerprint density at radius 2 is 1.37 bits per heavy atom. The van der Waals surface area contributed by atoms with Crippen molar-refractivity contribution in [1.29, 1.82) is 0 Å². The number of halogens is 3. The Morgan fingerprint density at radius 1 is 0.895 bits per heavy atom. The molecule has 1 saturated heterocycles. The van der Waals surface area contributed by atoms with Crippen LogP contribution in [0, 0.1) is 0 Å². The van der Waals surface area contributed by atoms with Crippen molar-refractivity contribution in [2.75, 3.05) is 38.1 Å². The van der Waals surface area contributed by atoms with Crippen molar-refractivity contribution in [3.63, 3.8) is 0 Å². The van der Waals surface area contributed by atoms with E-state index >= 15 is 0 Å². The lowest BCUT2D eigenvalue weighted by atomic mass is 10.1. The van der Waals surface area contributed by atoms with E-state index in [1.807, 2.05) is 20.9 Å². The fourth-order valence-corrected chi connectivity index (χ4v) is 1.93. The van der Waals surface area contributed by atoms with Crippen molar-refractivity contribution < 1.29 is 13.2 Å². The van der Waals surface area contributed by atoms with Crippen LogP contribution in [0.1, 0.15) is 19.4 Å². The Bertz CT molecular complexity index is 365. The van der Waals surface area contributed by atoms with Gasteiger partial charge >= 0.3 is 6.18 Å². The Labute approximate surface area is 112 Å². The van der Waals surface area contributed by atoms with Crippen LogP contribution in [0.2, 0.25) is 0 Å². The molecule has 2 nitrogen and oxygen atoms in total. The summed E-state index contributed by atoms with van der Waals surface area (Å²) in [4.78, 5) is 4.32. The van der Waals surface area contributed by atoms with Crippen LogP contribution in [-0.4, -0.2) is 38.1 Å². The van der Waals surface area contributed by atoms with Gasteiger partial charge in [0.15, 0.2) is 0 Å². The number of benzene rings is 1. The predicted molar refractivity (Wildman–Crippen MR) is 72.5 cm³/mol. The lowest BCUT2D eigenvalue weighted by molar-refractivity contribution is -0.137. The van der Waals surface area contributed by atoms with Crippen LogP contribution in [0.4, 0.5) is 18.9 Å². The highest BCUT2D eigenvalue weighted by Crippen LogP contribution is 2.30. The van der Waals surface area contributed by atoms with Gasteiger partial charge in [0.05, 0.1) is 5.56 Å². The molecule has 2 rings (SSSR count). The molecule has 0 atom stereocenters. The quantitative estimate of drug-likeness (QED) is 0.773. The van der Waals surface area contributed by atoms with Crippen molar-refractivity contribution in [1.82, 2.24) is 4.90 Å². The number of piperazine rings is 1. The summed E-state index contributed by atoms with van der Waals surface area (Å²) >= 11 is 0. The van der Waals surface area contributed by atoms with Gasteiger partial charge in [-0.3, -0.25) is 0 Å². The molecule has 1 aromatic carbocycles. The summed E-state index contributed by atoms with van der Waals surface area (Å²) in [7, 11) is 2.05. The molecule has 0 aliphatic carbocycles. The number of alkyl halides is 3. The first-order valence-corrected chi connectivity index (χ1v) is 6.57. The SMILES string of the molecule is CC.CN1CCN(c2ccc(C(F)(F)F)cc2)CC1. The van der Waals surface area contributed by atoms with Crippen LogP contribution in [0.3, 0.4) is 0 Å². The van der Waals surface area contributed by atoms with E-state index in [4.69, 9.17) is 0 Å². The molecule has 1 aliphatic rings. The first-order valence-electron chi connectivity index (χ1n) is 6.57. The van der Waals surface area contributed by atoms with Crippen LogP contribution in [0.15, 0.2) is 24.3 Å². The van der Waals surface area contributed by atoms with Gasteiger partial charge in [0.2, 0.25) is 0 Å². The lowest BCUT2D eigenvalue weighted by Crippen LogP contribution is -2.44. The van der Waals surface area contributed by atoms with Crippen molar-refractivity contribution in [3.05, 3.63) is 29.8 Å². The monoisotopic (exact) mass is 274 g/mol. The third kappa shape index (κ3) is 4.42. The van der Waals surface area contributed by atoms with Gasteiger partial charge < -0.3 is 9.80 Å². The molecule has 0 saturated carbocycles. The Morgan fingerprint density at radius 3 is 1.79 bits per heavy atom. The summed E-state index contributed by atoms with van der Waals surface area (Å²) in [5.74, 6) is 0. The number of hydrogen-bond donors (Lipinski definition) is 0. The molecule has 5 heteroatoms. The second kappa shape index (κ2) is 6.80. The molecule has 0 unspecified atom stereocenters. The molecule has 0 radical (unpaired) electrons. The fourth-order valence-electron chi connectivity index (χ4n) is 1.93. The molecular weight excluding hydrogens is 253 g/mol. The molecule has 0 N–H and O–H groups in total. The number of anilines is 1. The second-order valence-electron chi connectivity index (χ2n) is 4.33. The van der Waals surface area contributed by atoms with E-state index < -0.39 is 11.7 Å². The summed E-state index contributed by atoms with van der Waals surface area (Å²) in [6.07, 6.45) is -4.25. The van der Waals surface area contributed by atoms with Crippen molar-refractivity contribution >= 4 is 5.69 Å². The Balaban J connectivity index is 0.000000861. The minimum absolute atomic E-state index is 0.588. The average Bonchev–Trinajstić information content (AvgIpc) is 2.41. The van der Waals surface area contributed by atoms with E-state index in [2.05, 4.69) is 9.80 Å². The molecule has 0 bridgehead atoms.